The number of rotatable bonds is 2. The van der Waals surface area contributed by atoms with Gasteiger partial charge in [-0.25, -0.2) is 0 Å². The van der Waals surface area contributed by atoms with Crippen LogP contribution in [-0.4, -0.2) is 31.1 Å². The predicted molar refractivity (Wildman–Crippen MR) is 84.4 cm³/mol. The minimum absolute atomic E-state index is 0.165. The average molecular weight is 286 g/mol. The van der Waals surface area contributed by atoms with Crippen LogP contribution in [0.15, 0.2) is 18.2 Å². The second-order valence-corrected chi connectivity index (χ2v) is 7.10. The van der Waals surface area contributed by atoms with E-state index in [0.717, 1.165) is 24.0 Å². The van der Waals surface area contributed by atoms with Gasteiger partial charge in [0.25, 0.3) is 0 Å². The Hall–Kier alpha value is -1.06. The van der Waals surface area contributed by atoms with Crippen molar-refractivity contribution in [3.05, 3.63) is 29.3 Å². The molecule has 21 heavy (non-hydrogen) atoms. The molecule has 1 heterocycles. The molecular formula is C18H26N2O. The molecule has 3 heteroatoms. The minimum atomic E-state index is 0.165. The van der Waals surface area contributed by atoms with Gasteiger partial charge in [-0.05, 0) is 60.8 Å². The lowest BCUT2D eigenvalue weighted by molar-refractivity contribution is 0.178. The highest BCUT2D eigenvalue weighted by Crippen LogP contribution is 2.42. The topological polar surface area (TPSA) is 38.5 Å². The van der Waals surface area contributed by atoms with Crippen LogP contribution < -0.4 is 10.5 Å². The second kappa shape index (κ2) is 5.29. The Kier molecular flexibility index (Phi) is 3.43. The Morgan fingerprint density at radius 3 is 2.62 bits per heavy atom. The fourth-order valence-electron chi connectivity index (χ4n) is 4.89. The standard InChI is InChI=1S/C18H26N2O/c1-21-15-6-7-16-12(9-15)5-8-17(18(16)19)20-10-13-3-2-4-14(13)11-20/h6-7,9,13-14,17-18H,2-5,8,10-11,19H2,1H3. The molecule has 0 bridgehead atoms. The Bertz CT molecular complexity index is 518. The highest BCUT2D eigenvalue weighted by molar-refractivity contribution is 5.40. The van der Waals surface area contributed by atoms with Gasteiger partial charge < -0.3 is 10.5 Å². The Balaban J connectivity index is 1.53. The Morgan fingerprint density at radius 1 is 1.14 bits per heavy atom. The fraction of sp³-hybridized carbons (Fsp3) is 0.667. The lowest BCUT2D eigenvalue weighted by Crippen LogP contribution is -2.44. The first kappa shape index (κ1) is 13.6. The maximum absolute atomic E-state index is 6.63. The SMILES string of the molecule is COc1ccc2c(c1)CCC(N1CC3CCCC3C1)C2N. The third-order valence-corrected chi connectivity index (χ3v) is 6.06. The van der Waals surface area contributed by atoms with Crippen LogP contribution in [0.1, 0.15) is 42.9 Å². The number of nitrogens with zero attached hydrogens (tertiary/aromatic N) is 1. The summed E-state index contributed by atoms with van der Waals surface area (Å²) in [6.07, 6.45) is 6.66. The van der Waals surface area contributed by atoms with Gasteiger partial charge in [0.05, 0.1) is 7.11 Å². The summed E-state index contributed by atoms with van der Waals surface area (Å²) in [5.74, 6) is 2.86. The smallest absolute Gasteiger partial charge is 0.119 e. The molecule has 2 aliphatic carbocycles. The zero-order valence-electron chi connectivity index (χ0n) is 12.9. The Morgan fingerprint density at radius 2 is 1.90 bits per heavy atom. The van der Waals surface area contributed by atoms with E-state index < -0.39 is 0 Å². The highest BCUT2D eigenvalue weighted by Gasteiger charge is 2.41. The van der Waals surface area contributed by atoms with Gasteiger partial charge in [0.15, 0.2) is 0 Å². The average Bonchev–Trinajstić information content (AvgIpc) is 3.08. The van der Waals surface area contributed by atoms with Crippen molar-refractivity contribution in [1.82, 2.24) is 4.90 Å². The monoisotopic (exact) mass is 286 g/mol. The molecular weight excluding hydrogens is 260 g/mol. The second-order valence-electron chi connectivity index (χ2n) is 7.10. The maximum atomic E-state index is 6.63. The van der Waals surface area contributed by atoms with E-state index in [1.807, 2.05) is 0 Å². The predicted octanol–water partition coefficient (Wildman–Crippen LogP) is 2.74. The largest absolute Gasteiger partial charge is 0.497 e. The molecule has 0 spiro atoms. The summed E-state index contributed by atoms with van der Waals surface area (Å²) < 4.78 is 5.34. The van der Waals surface area contributed by atoms with Crippen molar-refractivity contribution in [3.63, 3.8) is 0 Å². The molecule has 1 aliphatic heterocycles. The van der Waals surface area contributed by atoms with Crippen LogP contribution in [0, 0.1) is 11.8 Å². The van der Waals surface area contributed by atoms with E-state index in [-0.39, 0.29) is 6.04 Å². The molecule has 2 N–H and O–H groups in total. The van der Waals surface area contributed by atoms with Crippen LogP contribution >= 0.6 is 0 Å². The zero-order valence-corrected chi connectivity index (χ0v) is 12.9. The van der Waals surface area contributed by atoms with Gasteiger partial charge in [0, 0.05) is 25.2 Å². The lowest BCUT2D eigenvalue weighted by Gasteiger charge is -2.38. The summed E-state index contributed by atoms with van der Waals surface area (Å²) in [5, 5.41) is 0. The first-order valence-corrected chi connectivity index (χ1v) is 8.42. The first-order valence-electron chi connectivity index (χ1n) is 8.42. The van der Waals surface area contributed by atoms with Crippen molar-refractivity contribution in [1.29, 1.82) is 0 Å². The van der Waals surface area contributed by atoms with Gasteiger partial charge in [-0.2, -0.15) is 0 Å². The molecule has 1 aromatic carbocycles. The molecule has 2 fully saturated rings. The molecule has 4 atom stereocenters. The van der Waals surface area contributed by atoms with Gasteiger partial charge in [-0.15, -0.1) is 0 Å². The highest BCUT2D eigenvalue weighted by atomic mass is 16.5. The van der Waals surface area contributed by atoms with E-state index >= 15 is 0 Å². The van der Waals surface area contributed by atoms with Crippen molar-refractivity contribution < 1.29 is 4.74 Å². The van der Waals surface area contributed by atoms with Crippen LogP contribution in [-0.2, 0) is 6.42 Å². The fourth-order valence-corrected chi connectivity index (χ4v) is 4.89. The van der Waals surface area contributed by atoms with Crippen molar-refractivity contribution >= 4 is 0 Å². The number of hydrogen-bond acceptors (Lipinski definition) is 3. The number of likely N-dealkylation sites (tertiary alicyclic amines) is 1. The van der Waals surface area contributed by atoms with E-state index in [2.05, 4.69) is 23.1 Å². The number of ether oxygens (including phenoxy) is 1. The van der Waals surface area contributed by atoms with Gasteiger partial charge in [-0.1, -0.05) is 12.5 Å². The summed E-state index contributed by atoms with van der Waals surface area (Å²) in [5.41, 5.74) is 9.35. The van der Waals surface area contributed by atoms with E-state index in [4.69, 9.17) is 10.5 Å². The number of fused-ring (bicyclic) bond motifs is 2. The number of aryl methyl sites for hydroxylation is 1. The van der Waals surface area contributed by atoms with Crippen molar-refractivity contribution in [2.24, 2.45) is 17.6 Å². The van der Waals surface area contributed by atoms with E-state index in [1.54, 1.807) is 7.11 Å². The van der Waals surface area contributed by atoms with Crippen LogP contribution in [0.2, 0.25) is 0 Å². The van der Waals surface area contributed by atoms with E-state index in [0.29, 0.717) is 6.04 Å². The number of hydrogen-bond donors (Lipinski definition) is 1. The van der Waals surface area contributed by atoms with Crippen molar-refractivity contribution in [2.75, 3.05) is 20.2 Å². The number of methoxy groups -OCH3 is 1. The zero-order chi connectivity index (χ0) is 14.4. The molecule has 114 valence electrons. The summed E-state index contributed by atoms with van der Waals surface area (Å²) >= 11 is 0. The first-order chi connectivity index (χ1) is 10.3. The summed E-state index contributed by atoms with van der Waals surface area (Å²) in [6, 6.07) is 7.11. The van der Waals surface area contributed by atoms with Gasteiger partial charge in [-0.3, -0.25) is 4.90 Å². The van der Waals surface area contributed by atoms with Crippen LogP contribution in [0.3, 0.4) is 0 Å². The van der Waals surface area contributed by atoms with Crippen LogP contribution in [0.5, 0.6) is 5.75 Å². The lowest BCUT2D eigenvalue weighted by atomic mass is 9.83. The summed E-state index contributed by atoms with van der Waals surface area (Å²) in [7, 11) is 1.73. The minimum Gasteiger partial charge on any atom is -0.497 e. The molecule has 1 saturated carbocycles. The van der Waals surface area contributed by atoms with Gasteiger partial charge >= 0.3 is 0 Å². The molecule has 4 unspecified atom stereocenters. The van der Waals surface area contributed by atoms with E-state index in [9.17, 15) is 0 Å². The van der Waals surface area contributed by atoms with Crippen LogP contribution in [0.25, 0.3) is 0 Å². The molecule has 1 saturated heterocycles. The quantitative estimate of drug-likeness (QED) is 0.908. The van der Waals surface area contributed by atoms with Crippen LogP contribution in [0.4, 0.5) is 0 Å². The normalized spacial score (nSPS) is 35.5. The summed E-state index contributed by atoms with van der Waals surface area (Å²) in [4.78, 5) is 2.70. The molecule has 0 aromatic heterocycles. The third-order valence-electron chi connectivity index (χ3n) is 6.06. The summed E-state index contributed by atoms with van der Waals surface area (Å²) in [6.45, 7) is 2.57. The Labute approximate surface area is 127 Å². The van der Waals surface area contributed by atoms with E-state index in [1.165, 1.54) is 49.9 Å². The molecule has 3 nitrogen and oxygen atoms in total. The number of nitrogens with two attached hydrogens (primary N) is 1. The maximum Gasteiger partial charge on any atom is 0.119 e. The molecule has 3 aliphatic rings. The molecule has 4 rings (SSSR count). The molecule has 0 radical (unpaired) electrons. The van der Waals surface area contributed by atoms with Gasteiger partial charge in [0.1, 0.15) is 5.75 Å². The van der Waals surface area contributed by atoms with Crippen molar-refractivity contribution in [2.45, 2.75) is 44.2 Å². The molecule has 0 amide bonds. The third kappa shape index (κ3) is 2.27. The van der Waals surface area contributed by atoms with Crippen molar-refractivity contribution in [3.8, 4) is 5.75 Å². The van der Waals surface area contributed by atoms with Gasteiger partial charge in [0.2, 0.25) is 0 Å². The number of benzene rings is 1. The molecule has 1 aromatic rings.